The van der Waals surface area contributed by atoms with Crippen molar-refractivity contribution in [1.29, 1.82) is 0 Å². The molecule has 0 bridgehead atoms. The summed E-state index contributed by atoms with van der Waals surface area (Å²) in [5.41, 5.74) is 2.91. The molecule has 0 spiro atoms. The maximum Gasteiger partial charge on any atom is 0.265 e. The number of nitrogens with one attached hydrogen (secondary N) is 1. The Bertz CT molecular complexity index is 956. The number of nitrogens with zero attached hydrogens (tertiary/aromatic N) is 1. The van der Waals surface area contributed by atoms with Gasteiger partial charge in [0.1, 0.15) is 11.4 Å². The number of rotatable bonds is 4. The fourth-order valence-electron chi connectivity index (χ4n) is 3.22. The summed E-state index contributed by atoms with van der Waals surface area (Å²) in [5, 5.41) is 4.68. The molecule has 1 aliphatic heterocycles. The SMILES string of the molecule is Cc1ccc(NC(=O)C2CSC(c3ccccc3)N2C(=O)c2cccs2)cc1. The minimum atomic E-state index is -0.522. The number of thiophene rings is 1. The molecule has 1 fully saturated rings. The molecule has 2 amide bonds. The summed E-state index contributed by atoms with van der Waals surface area (Å²) in [4.78, 5) is 28.7. The number of amides is 2. The Hall–Kier alpha value is -2.57. The molecular formula is C22H20N2O2S2. The highest BCUT2D eigenvalue weighted by Crippen LogP contribution is 2.42. The lowest BCUT2D eigenvalue weighted by Gasteiger charge is -2.28. The highest BCUT2D eigenvalue weighted by atomic mass is 32.2. The monoisotopic (exact) mass is 408 g/mol. The zero-order valence-corrected chi connectivity index (χ0v) is 17.0. The summed E-state index contributed by atoms with van der Waals surface area (Å²) >= 11 is 3.03. The molecule has 0 aliphatic carbocycles. The maximum atomic E-state index is 13.2. The normalized spacial score (nSPS) is 18.8. The predicted octanol–water partition coefficient (Wildman–Crippen LogP) is 4.95. The van der Waals surface area contributed by atoms with Crippen molar-refractivity contribution >= 4 is 40.6 Å². The van der Waals surface area contributed by atoms with E-state index in [0.717, 1.165) is 16.8 Å². The number of aryl methyl sites for hydroxylation is 1. The Balaban J connectivity index is 1.62. The van der Waals surface area contributed by atoms with Crippen molar-refractivity contribution in [3.63, 3.8) is 0 Å². The minimum absolute atomic E-state index is 0.0992. The summed E-state index contributed by atoms with van der Waals surface area (Å²) in [6.45, 7) is 2.01. The molecule has 1 aliphatic rings. The molecule has 2 aromatic carbocycles. The van der Waals surface area contributed by atoms with Crippen LogP contribution in [0.15, 0.2) is 72.1 Å². The number of carbonyl (C=O) groups is 2. The number of hydrogen-bond acceptors (Lipinski definition) is 4. The number of thioether (sulfide) groups is 1. The van der Waals surface area contributed by atoms with Crippen LogP contribution in [0.5, 0.6) is 0 Å². The first-order valence-electron chi connectivity index (χ1n) is 9.04. The molecule has 1 aromatic heterocycles. The van der Waals surface area contributed by atoms with Crippen molar-refractivity contribution in [2.24, 2.45) is 0 Å². The first kappa shape index (κ1) is 18.8. The van der Waals surface area contributed by atoms with Crippen molar-refractivity contribution < 1.29 is 9.59 Å². The number of hydrogen-bond donors (Lipinski definition) is 1. The van der Waals surface area contributed by atoms with Crippen molar-refractivity contribution in [1.82, 2.24) is 4.90 Å². The van der Waals surface area contributed by atoms with Crippen LogP contribution in [0, 0.1) is 6.92 Å². The van der Waals surface area contributed by atoms with Gasteiger partial charge in [-0.1, -0.05) is 54.1 Å². The average Bonchev–Trinajstić information content (AvgIpc) is 3.40. The van der Waals surface area contributed by atoms with Gasteiger partial charge < -0.3 is 10.2 Å². The van der Waals surface area contributed by atoms with E-state index in [2.05, 4.69) is 5.32 Å². The Morgan fingerprint density at radius 3 is 2.43 bits per heavy atom. The smallest absolute Gasteiger partial charge is 0.265 e. The van der Waals surface area contributed by atoms with Crippen LogP contribution in [0.2, 0.25) is 0 Å². The third kappa shape index (κ3) is 3.84. The van der Waals surface area contributed by atoms with E-state index >= 15 is 0 Å². The largest absolute Gasteiger partial charge is 0.324 e. The van der Waals surface area contributed by atoms with Crippen LogP contribution in [0.4, 0.5) is 5.69 Å². The molecule has 2 atom stereocenters. The Morgan fingerprint density at radius 1 is 1.00 bits per heavy atom. The molecule has 142 valence electrons. The Morgan fingerprint density at radius 2 is 1.75 bits per heavy atom. The van der Waals surface area contributed by atoms with Crippen LogP contribution >= 0.6 is 23.1 Å². The second-order valence-electron chi connectivity index (χ2n) is 6.66. The number of anilines is 1. The molecule has 4 nitrogen and oxygen atoms in total. The van der Waals surface area contributed by atoms with Gasteiger partial charge in [-0.15, -0.1) is 23.1 Å². The van der Waals surface area contributed by atoms with Gasteiger partial charge in [0.2, 0.25) is 5.91 Å². The first-order valence-corrected chi connectivity index (χ1v) is 11.0. The Labute approximate surface area is 172 Å². The van der Waals surface area contributed by atoms with Gasteiger partial charge in [0.25, 0.3) is 5.91 Å². The fraction of sp³-hybridized carbons (Fsp3) is 0.182. The standard InChI is InChI=1S/C22H20N2O2S2/c1-15-9-11-17(12-10-15)23-20(25)18-14-28-22(16-6-3-2-4-7-16)24(18)21(26)19-8-5-13-27-19/h2-13,18,22H,14H2,1H3,(H,23,25). The molecule has 1 saturated heterocycles. The second-order valence-corrected chi connectivity index (χ2v) is 8.72. The molecule has 28 heavy (non-hydrogen) atoms. The zero-order chi connectivity index (χ0) is 19.5. The lowest BCUT2D eigenvalue weighted by molar-refractivity contribution is -0.119. The fourth-order valence-corrected chi connectivity index (χ4v) is 5.32. The average molecular weight is 409 g/mol. The maximum absolute atomic E-state index is 13.2. The molecule has 0 saturated carbocycles. The van der Waals surface area contributed by atoms with E-state index < -0.39 is 6.04 Å². The van der Waals surface area contributed by atoms with E-state index in [1.165, 1.54) is 11.3 Å². The van der Waals surface area contributed by atoms with Gasteiger partial charge in [0, 0.05) is 11.4 Å². The molecule has 3 aromatic rings. The lowest BCUT2D eigenvalue weighted by atomic mass is 10.1. The van der Waals surface area contributed by atoms with Crippen LogP contribution in [-0.2, 0) is 4.79 Å². The van der Waals surface area contributed by atoms with Gasteiger partial charge in [-0.25, -0.2) is 0 Å². The van der Waals surface area contributed by atoms with E-state index in [1.54, 1.807) is 16.7 Å². The van der Waals surface area contributed by atoms with Gasteiger partial charge in [0.05, 0.1) is 4.88 Å². The van der Waals surface area contributed by atoms with Crippen LogP contribution in [0.1, 0.15) is 26.2 Å². The van der Waals surface area contributed by atoms with Crippen molar-refractivity contribution in [2.45, 2.75) is 18.3 Å². The van der Waals surface area contributed by atoms with Crippen molar-refractivity contribution in [3.05, 3.63) is 88.1 Å². The van der Waals surface area contributed by atoms with Crippen LogP contribution < -0.4 is 5.32 Å². The van der Waals surface area contributed by atoms with Gasteiger partial charge in [-0.05, 0) is 36.1 Å². The van der Waals surface area contributed by atoms with Crippen LogP contribution in [0.3, 0.4) is 0 Å². The summed E-state index contributed by atoms with van der Waals surface area (Å²) in [7, 11) is 0. The minimum Gasteiger partial charge on any atom is -0.324 e. The van der Waals surface area contributed by atoms with E-state index in [0.29, 0.717) is 10.6 Å². The van der Waals surface area contributed by atoms with E-state index in [9.17, 15) is 9.59 Å². The topological polar surface area (TPSA) is 49.4 Å². The molecular weight excluding hydrogens is 388 g/mol. The van der Waals surface area contributed by atoms with Crippen molar-refractivity contribution in [3.8, 4) is 0 Å². The quantitative estimate of drug-likeness (QED) is 0.664. The van der Waals surface area contributed by atoms with Crippen molar-refractivity contribution in [2.75, 3.05) is 11.1 Å². The molecule has 1 N–H and O–H groups in total. The molecule has 2 heterocycles. The van der Waals surface area contributed by atoms with Gasteiger partial charge in [0.15, 0.2) is 0 Å². The molecule has 2 unspecified atom stereocenters. The molecule has 4 rings (SSSR count). The lowest BCUT2D eigenvalue weighted by Crippen LogP contribution is -2.45. The van der Waals surface area contributed by atoms with Crippen LogP contribution in [-0.4, -0.2) is 28.5 Å². The second kappa shape index (κ2) is 8.20. The Kier molecular flexibility index (Phi) is 5.50. The van der Waals surface area contributed by atoms with Gasteiger partial charge >= 0.3 is 0 Å². The first-order chi connectivity index (χ1) is 13.6. The summed E-state index contributed by atoms with van der Waals surface area (Å²) < 4.78 is 0. The predicted molar refractivity (Wildman–Crippen MR) is 116 cm³/mol. The van der Waals surface area contributed by atoms with E-state index in [4.69, 9.17) is 0 Å². The molecule has 0 radical (unpaired) electrons. The van der Waals surface area contributed by atoms with Gasteiger partial charge in [-0.2, -0.15) is 0 Å². The third-order valence-corrected chi connectivity index (χ3v) is 6.85. The summed E-state index contributed by atoms with van der Waals surface area (Å²) in [6, 6.07) is 20.7. The van der Waals surface area contributed by atoms with Gasteiger partial charge in [-0.3, -0.25) is 9.59 Å². The number of carbonyl (C=O) groups excluding carboxylic acids is 2. The highest BCUT2D eigenvalue weighted by Gasteiger charge is 2.42. The third-order valence-electron chi connectivity index (χ3n) is 4.67. The van der Waals surface area contributed by atoms with Crippen LogP contribution in [0.25, 0.3) is 0 Å². The van der Waals surface area contributed by atoms with E-state index in [1.807, 2.05) is 79.0 Å². The molecule has 6 heteroatoms. The summed E-state index contributed by atoms with van der Waals surface area (Å²) in [5.74, 6) is 0.312. The van der Waals surface area contributed by atoms with E-state index in [-0.39, 0.29) is 17.2 Å². The highest BCUT2D eigenvalue weighted by molar-refractivity contribution is 7.99. The number of benzene rings is 2. The zero-order valence-electron chi connectivity index (χ0n) is 15.4. The summed E-state index contributed by atoms with van der Waals surface area (Å²) in [6.07, 6.45) is 0.